The van der Waals surface area contributed by atoms with Crippen LogP contribution in [-0.2, 0) is 4.79 Å². The van der Waals surface area contributed by atoms with Crippen molar-refractivity contribution in [3.05, 3.63) is 63.7 Å². The van der Waals surface area contributed by atoms with Crippen molar-refractivity contribution >= 4 is 23.3 Å². The molecule has 0 aliphatic carbocycles. The van der Waals surface area contributed by atoms with Gasteiger partial charge in [0.2, 0.25) is 0 Å². The maximum Gasteiger partial charge on any atom is 0.308 e. The fraction of sp³-hybridized carbons (Fsp3) is 0.125. The second-order valence-corrected chi connectivity index (χ2v) is 4.85. The van der Waals surface area contributed by atoms with Crippen LogP contribution < -0.4 is 10.1 Å². The Kier molecular flexibility index (Phi) is 4.70. The van der Waals surface area contributed by atoms with E-state index in [1.54, 1.807) is 13.0 Å². The van der Waals surface area contributed by atoms with Gasteiger partial charge in [0.15, 0.2) is 0 Å². The maximum absolute atomic E-state index is 12.2. The quantitative estimate of drug-likeness (QED) is 0.404. The molecular formula is C16H14N2O5. The summed E-state index contributed by atoms with van der Waals surface area (Å²) in [5.74, 6) is -0.640. The maximum atomic E-state index is 12.2. The van der Waals surface area contributed by atoms with Crippen LogP contribution in [0, 0.1) is 17.0 Å². The van der Waals surface area contributed by atoms with Crippen LogP contribution in [-0.4, -0.2) is 16.8 Å². The first kappa shape index (κ1) is 16.2. The topological polar surface area (TPSA) is 98.5 Å². The molecule has 0 saturated heterocycles. The molecule has 2 aromatic carbocycles. The number of carbonyl (C=O) groups is 2. The summed E-state index contributed by atoms with van der Waals surface area (Å²) in [4.78, 5) is 33.5. The molecule has 0 saturated carbocycles. The van der Waals surface area contributed by atoms with Crippen LogP contribution in [0.4, 0.5) is 11.4 Å². The average molecular weight is 314 g/mol. The van der Waals surface area contributed by atoms with Crippen LogP contribution in [0.3, 0.4) is 0 Å². The van der Waals surface area contributed by atoms with Crippen molar-refractivity contribution in [1.29, 1.82) is 0 Å². The lowest BCUT2D eigenvalue weighted by Gasteiger charge is -2.07. The highest BCUT2D eigenvalue weighted by Crippen LogP contribution is 2.26. The van der Waals surface area contributed by atoms with Gasteiger partial charge in [-0.1, -0.05) is 6.07 Å². The number of nitrogens with zero attached hydrogens (tertiary/aromatic N) is 1. The largest absolute Gasteiger partial charge is 0.427 e. The zero-order valence-corrected chi connectivity index (χ0v) is 12.5. The SMILES string of the molecule is CC(=O)Oc1ccc(C(=O)Nc2ccc(C)cc2[N+](=O)[O-])cc1. The smallest absolute Gasteiger partial charge is 0.308 e. The lowest BCUT2D eigenvalue weighted by atomic mass is 10.1. The molecular weight excluding hydrogens is 300 g/mol. The lowest BCUT2D eigenvalue weighted by molar-refractivity contribution is -0.384. The van der Waals surface area contributed by atoms with Gasteiger partial charge in [0, 0.05) is 18.6 Å². The van der Waals surface area contributed by atoms with Crippen molar-refractivity contribution in [1.82, 2.24) is 0 Å². The average Bonchev–Trinajstić information content (AvgIpc) is 2.49. The number of hydrogen-bond donors (Lipinski definition) is 1. The fourth-order valence-corrected chi connectivity index (χ4v) is 1.93. The van der Waals surface area contributed by atoms with E-state index >= 15 is 0 Å². The summed E-state index contributed by atoms with van der Waals surface area (Å²) < 4.78 is 4.87. The molecule has 2 rings (SSSR count). The normalized spacial score (nSPS) is 10.0. The van der Waals surface area contributed by atoms with Gasteiger partial charge in [0.1, 0.15) is 11.4 Å². The van der Waals surface area contributed by atoms with E-state index in [4.69, 9.17) is 4.74 Å². The first-order valence-corrected chi connectivity index (χ1v) is 6.71. The molecule has 0 fully saturated rings. The van der Waals surface area contributed by atoms with Crippen LogP contribution >= 0.6 is 0 Å². The van der Waals surface area contributed by atoms with Gasteiger partial charge in [-0.15, -0.1) is 0 Å². The Labute approximate surface area is 132 Å². The molecule has 0 atom stereocenters. The predicted molar refractivity (Wildman–Crippen MR) is 83.5 cm³/mol. The van der Waals surface area contributed by atoms with Crippen molar-refractivity contribution < 1.29 is 19.2 Å². The summed E-state index contributed by atoms with van der Waals surface area (Å²) in [6, 6.07) is 10.4. The Bertz CT molecular complexity index is 769. The third-order valence-corrected chi connectivity index (χ3v) is 2.98. The zero-order valence-electron chi connectivity index (χ0n) is 12.5. The van der Waals surface area contributed by atoms with Crippen molar-refractivity contribution in [2.24, 2.45) is 0 Å². The molecule has 23 heavy (non-hydrogen) atoms. The molecule has 0 spiro atoms. The number of rotatable bonds is 4. The lowest BCUT2D eigenvalue weighted by Crippen LogP contribution is -2.13. The highest BCUT2D eigenvalue weighted by Gasteiger charge is 2.16. The van der Waals surface area contributed by atoms with Crippen molar-refractivity contribution in [2.75, 3.05) is 5.32 Å². The molecule has 0 aliphatic heterocycles. The molecule has 0 unspecified atom stereocenters. The molecule has 0 heterocycles. The van der Waals surface area contributed by atoms with Gasteiger partial charge in [0.05, 0.1) is 4.92 Å². The summed E-state index contributed by atoms with van der Waals surface area (Å²) in [6.45, 7) is 3.00. The summed E-state index contributed by atoms with van der Waals surface area (Å²) in [5, 5.41) is 13.6. The second-order valence-electron chi connectivity index (χ2n) is 4.85. The zero-order chi connectivity index (χ0) is 17.0. The van der Waals surface area contributed by atoms with Gasteiger partial charge < -0.3 is 10.1 Å². The number of benzene rings is 2. The number of hydrogen-bond acceptors (Lipinski definition) is 5. The predicted octanol–water partition coefficient (Wildman–Crippen LogP) is 3.08. The molecule has 7 heteroatoms. The van der Waals surface area contributed by atoms with E-state index in [9.17, 15) is 19.7 Å². The minimum absolute atomic E-state index is 0.120. The highest BCUT2D eigenvalue weighted by molar-refractivity contribution is 6.05. The monoisotopic (exact) mass is 314 g/mol. The van der Waals surface area contributed by atoms with E-state index in [1.807, 2.05) is 0 Å². The van der Waals surface area contributed by atoms with Crippen LogP contribution in [0.2, 0.25) is 0 Å². The third kappa shape index (κ3) is 4.13. The highest BCUT2D eigenvalue weighted by atomic mass is 16.6. The van der Waals surface area contributed by atoms with Crippen LogP contribution in [0.5, 0.6) is 5.75 Å². The van der Waals surface area contributed by atoms with E-state index in [0.717, 1.165) is 5.56 Å². The van der Waals surface area contributed by atoms with Crippen LogP contribution in [0.25, 0.3) is 0 Å². The van der Waals surface area contributed by atoms with E-state index in [0.29, 0.717) is 5.75 Å². The molecule has 118 valence electrons. The summed E-state index contributed by atoms with van der Waals surface area (Å²) in [5.41, 5.74) is 0.959. The van der Waals surface area contributed by atoms with Gasteiger partial charge in [-0.25, -0.2) is 0 Å². The van der Waals surface area contributed by atoms with Gasteiger partial charge >= 0.3 is 5.97 Å². The number of nitro benzene ring substituents is 1. The number of anilines is 1. The van der Waals surface area contributed by atoms with Crippen molar-refractivity contribution in [3.63, 3.8) is 0 Å². The van der Waals surface area contributed by atoms with Gasteiger partial charge in [0.25, 0.3) is 11.6 Å². The standard InChI is InChI=1S/C16H14N2O5/c1-10-3-8-14(15(9-10)18(21)22)17-16(20)12-4-6-13(7-5-12)23-11(2)19/h3-9H,1-2H3,(H,17,20). The first-order chi connectivity index (χ1) is 10.9. The molecule has 0 aliphatic rings. The fourth-order valence-electron chi connectivity index (χ4n) is 1.93. The van der Waals surface area contributed by atoms with Gasteiger partial charge in [-0.3, -0.25) is 19.7 Å². The molecule has 2 aromatic rings. The van der Waals surface area contributed by atoms with Crippen molar-refractivity contribution in [3.8, 4) is 5.75 Å². The van der Waals surface area contributed by atoms with E-state index in [-0.39, 0.29) is 16.9 Å². The number of nitrogens with one attached hydrogen (secondary N) is 1. The van der Waals surface area contributed by atoms with Gasteiger partial charge in [-0.2, -0.15) is 0 Å². The number of aryl methyl sites for hydroxylation is 1. The Morgan fingerprint density at radius 3 is 2.35 bits per heavy atom. The first-order valence-electron chi connectivity index (χ1n) is 6.71. The summed E-state index contributed by atoms with van der Waals surface area (Å²) in [6.07, 6.45) is 0. The number of carbonyl (C=O) groups excluding carboxylic acids is 2. The summed E-state index contributed by atoms with van der Waals surface area (Å²) >= 11 is 0. The Hall–Kier alpha value is -3.22. The third-order valence-electron chi connectivity index (χ3n) is 2.98. The molecule has 0 radical (unpaired) electrons. The molecule has 0 aromatic heterocycles. The van der Waals surface area contributed by atoms with Gasteiger partial charge in [-0.05, 0) is 42.8 Å². The number of nitro groups is 1. The Morgan fingerprint density at radius 2 is 1.78 bits per heavy atom. The second kappa shape index (κ2) is 6.69. The number of amides is 1. The van der Waals surface area contributed by atoms with Crippen molar-refractivity contribution in [2.45, 2.75) is 13.8 Å². The molecule has 0 bridgehead atoms. The Balaban J connectivity index is 2.19. The molecule has 1 amide bonds. The van der Waals surface area contributed by atoms with Crippen LogP contribution in [0.1, 0.15) is 22.8 Å². The van der Waals surface area contributed by atoms with E-state index in [1.165, 1.54) is 43.3 Å². The van der Waals surface area contributed by atoms with Crippen LogP contribution in [0.15, 0.2) is 42.5 Å². The molecule has 1 N–H and O–H groups in total. The molecule has 7 nitrogen and oxygen atoms in total. The minimum atomic E-state index is -0.549. The Morgan fingerprint density at radius 1 is 1.13 bits per heavy atom. The van der Waals surface area contributed by atoms with E-state index in [2.05, 4.69) is 5.32 Å². The summed E-state index contributed by atoms with van der Waals surface area (Å²) in [7, 11) is 0. The number of ether oxygens (including phenoxy) is 1. The number of esters is 1. The minimum Gasteiger partial charge on any atom is -0.427 e. The van der Waals surface area contributed by atoms with E-state index < -0.39 is 16.8 Å².